The van der Waals surface area contributed by atoms with E-state index in [9.17, 15) is 22.8 Å². The van der Waals surface area contributed by atoms with E-state index < -0.39 is 17.7 Å². The molecule has 0 saturated carbocycles. The van der Waals surface area contributed by atoms with Crippen molar-refractivity contribution in [3.63, 3.8) is 0 Å². The number of methoxy groups -OCH3 is 1. The number of benzene rings is 4. The summed E-state index contributed by atoms with van der Waals surface area (Å²) in [6.07, 6.45) is -3.07. The van der Waals surface area contributed by atoms with Gasteiger partial charge in [0.1, 0.15) is 17.2 Å². The van der Waals surface area contributed by atoms with Crippen LogP contribution in [0.5, 0.6) is 11.5 Å². The van der Waals surface area contributed by atoms with Crippen molar-refractivity contribution in [2.45, 2.75) is 46.9 Å². The summed E-state index contributed by atoms with van der Waals surface area (Å²) in [6, 6.07) is 27.4. The molecular formula is C46H40ClF3N6O5S. The van der Waals surface area contributed by atoms with Crippen LogP contribution in [0.25, 0.3) is 54.9 Å². The number of rotatable bonds is 7. The maximum atomic E-state index is 13.5. The molecule has 16 heteroatoms. The lowest BCUT2D eigenvalue weighted by molar-refractivity contribution is -0.274. The second kappa shape index (κ2) is 18.3. The highest BCUT2D eigenvalue weighted by Crippen LogP contribution is 2.32. The van der Waals surface area contributed by atoms with Crippen molar-refractivity contribution in [3.8, 4) is 45.4 Å². The quantitative estimate of drug-likeness (QED) is 0.154. The zero-order chi connectivity index (χ0) is 44.3. The molecule has 8 aromatic rings. The number of ether oxygens (including phenoxy) is 3. The third-order valence-electron chi connectivity index (χ3n) is 9.92. The number of thiazole rings is 1. The Balaban J connectivity index is 0.000000180. The zero-order valence-corrected chi connectivity index (χ0v) is 36.0. The Morgan fingerprint density at radius 1 is 0.742 bits per heavy atom. The van der Waals surface area contributed by atoms with Gasteiger partial charge in [-0.1, -0.05) is 37.6 Å². The van der Waals surface area contributed by atoms with Crippen LogP contribution in [0.3, 0.4) is 0 Å². The zero-order valence-electron chi connectivity index (χ0n) is 34.5. The standard InChI is InChI=1S/C25H23N3O3.C19H11ClF3N3O2S.C2H6/c1-15-10-21-22(11-16(15)2)25(29)28(19-8-9-26-23(12-19)18-13-31-14-18)27-24(21)17-4-6-20(30-3)7-5-17;1-10-24-16-17(29-10)15(11-2-4-12(20)5-3-11)25-26(18(16)27)13-6-8-14(9-7-13)28-19(21,22)23;1-2/h4-12,18H,13-14H2,1-3H3;2-9H,1H3;1-2H3. The van der Waals surface area contributed by atoms with Crippen molar-refractivity contribution in [1.29, 1.82) is 0 Å². The fourth-order valence-electron chi connectivity index (χ4n) is 6.62. The van der Waals surface area contributed by atoms with Crippen molar-refractivity contribution in [2.24, 2.45) is 0 Å². The average Bonchev–Trinajstić information content (AvgIpc) is 3.64. The first-order chi connectivity index (χ1) is 29.8. The molecule has 1 aliphatic heterocycles. The molecule has 4 aromatic heterocycles. The third-order valence-corrected chi connectivity index (χ3v) is 11.1. The second-order valence-electron chi connectivity index (χ2n) is 14.0. The Morgan fingerprint density at radius 3 is 1.94 bits per heavy atom. The van der Waals surface area contributed by atoms with E-state index in [1.54, 1.807) is 44.5 Å². The maximum absolute atomic E-state index is 13.5. The van der Waals surface area contributed by atoms with E-state index in [2.05, 4.69) is 19.8 Å². The molecule has 1 aliphatic rings. The highest BCUT2D eigenvalue weighted by molar-refractivity contribution is 7.19. The fourth-order valence-corrected chi connectivity index (χ4v) is 7.67. The number of fused-ring (bicyclic) bond motifs is 2. The highest BCUT2D eigenvalue weighted by Gasteiger charge is 2.31. The molecule has 0 atom stereocenters. The number of hydrogen-bond acceptors (Lipinski definition) is 10. The van der Waals surface area contributed by atoms with Gasteiger partial charge < -0.3 is 14.2 Å². The van der Waals surface area contributed by atoms with Gasteiger partial charge in [-0.15, -0.1) is 24.5 Å². The molecule has 0 unspecified atom stereocenters. The van der Waals surface area contributed by atoms with E-state index in [0.29, 0.717) is 44.7 Å². The molecule has 1 fully saturated rings. The lowest BCUT2D eigenvalue weighted by atomic mass is 9.99. The molecule has 0 aliphatic carbocycles. The Labute approximate surface area is 363 Å². The molecule has 9 rings (SSSR count). The van der Waals surface area contributed by atoms with E-state index in [4.69, 9.17) is 26.2 Å². The summed E-state index contributed by atoms with van der Waals surface area (Å²) in [6.45, 7) is 11.2. The third kappa shape index (κ3) is 9.25. The number of pyridine rings is 1. The van der Waals surface area contributed by atoms with Crippen LogP contribution in [0.2, 0.25) is 5.02 Å². The first-order valence-corrected chi connectivity index (χ1v) is 20.7. The first-order valence-electron chi connectivity index (χ1n) is 19.5. The molecule has 318 valence electrons. The maximum Gasteiger partial charge on any atom is 0.573 e. The van der Waals surface area contributed by atoms with Gasteiger partial charge in [-0.25, -0.2) is 4.98 Å². The Bertz CT molecular complexity index is 3000. The molecule has 1 saturated heterocycles. The Hall–Kier alpha value is -6.42. The second-order valence-corrected chi connectivity index (χ2v) is 15.6. The highest BCUT2D eigenvalue weighted by atomic mass is 35.5. The minimum absolute atomic E-state index is 0.141. The number of aromatic nitrogens is 6. The van der Waals surface area contributed by atoms with Gasteiger partial charge in [-0.2, -0.15) is 19.6 Å². The molecular weight excluding hydrogens is 841 g/mol. The van der Waals surface area contributed by atoms with Crippen LogP contribution in [0, 0.1) is 20.8 Å². The van der Waals surface area contributed by atoms with Crippen LogP contribution < -0.4 is 20.6 Å². The van der Waals surface area contributed by atoms with Crippen LogP contribution in [0.4, 0.5) is 13.2 Å². The van der Waals surface area contributed by atoms with Crippen molar-refractivity contribution >= 4 is 43.9 Å². The van der Waals surface area contributed by atoms with Gasteiger partial charge >= 0.3 is 6.36 Å². The summed E-state index contributed by atoms with van der Waals surface area (Å²) in [5, 5.41) is 12.0. The number of hydrogen-bond donors (Lipinski definition) is 0. The smallest absolute Gasteiger partial charge is 0.497 e. The minimum atomic E-state index is -4.80. The lowest BCUT2D eigenvalue weighted by Crippen LogP contribution is -2.27. The number of nitrogens with zero attached hydrogens (tertiary/aromatic N) is 6. The molecule has 62 heavy (non-hydrogen) atoms. The summed E-state index contributed by atoms with van der Waals surface area (Å²) in [5.41, 5.74) is 6.67. The normalized spacial score (nSPS) is 12.5. The minimum Gasteiger partial charge on any atom is -0.497 e. The molecule has 0 spiro atoms. The summed E-state index contributed by atoms with van der Waals surface area (Å²) < 4.78 is 54.8. The number of halogens is 4. The summed E-state index contributed by atoms with van der Waals surface area (Å²) in [7, 11) is 1.64. The van der Waals surface area contributed by atoms with E-state index in [1.165, 1.54) is 28.2 Å². The molecule has 5 heterocycles. The molecule has 0 amide bonds. The number of aryl methyl sites for hydroxylation is 3. The monoisotopic (exact) mass is 880 g/mol. The lowest BCUT2D eigenvalue weighted by Gasteiger charge is -2.25. The van der Waals surface area contributed by atoms with Gasteiger partial charge in [-0.05, 0) is 117 Å². The Kier molecular flexibility index (Phi) is 12.9. The molecule has 11 nitrogen and oxygen atoms in total. The molecule has 0 radical (unpaired) electrons. The van der Waals surface area contributed by atoms with E-state index >= 15 is 0 Å². The molecule has 4 aromatic carbocycles. The van der Waals surface area contributed by atoms with Crippen molar-refractivity contribution in [2.75, 3.05) is 20.3 Å². The van der Waals surface area contributed by atoms with Gasteiger partial charge in [0.15, 0.2) is 5.52 Å². The van der Waals surface area contributed by atoms with Gasteiger partial charge in [0.25, 0.3) is 11.1 Å². The fraction of sp³-hybridized carbons (Fsp3) is 0.217. The van der Waals surface area contributed by atoms with E-state index in [-0.39, 0.29) is 22.7 Å². The van der Waals surface area contributed by atoms with Crippen molar-refractivity contribution < 1.29 is 27.4 Å². The van der Waals surface area contributed by atoms with Crippen molar-refractivity contribution in [1.82, 2.24) is 29.5 Å². The first kappa shape index (κ1) is 43.7. The predicted molar refractivity (Wildman–Crippen MR) is 236 cm³/mol. The van der Waals surface area contributed by atoms with Crippen LogP contribution in [0.1, 0.15) is 41.6 Å². The Morgan fingerprint density at radius 2 is 1.32 bits per heavy atom. The summed E-state index contributed by atoms with van der Waals surface area (Å²) >= 11 is 7.30. The SMILES string of the molecule is CC.COc1ccc(-c2nn(-c3ccnc(C4COC4)c3)c(=O)c3cc(C)c(C)cc23)cc1.Cc1nc2c(=O)n(-c3ccc(OC(F)(F)F)cc3)nc(-c3ccc(Cl)cc3)c2s1. The molecule has 0 N–H and O–H groups in total. The topological polar surface area (TPSA) is 123 Å². The van der Waals surface area contributed by atoms with Gasteiger partial charge in [0, 0.05) is 33.7 Å². The van der Waals surface area contributed by atoms with Crippen LogP contribution in [0.15, 0.2) is 113 Å². The van der Waals surface area contributed by atoms with Crippen LogP contribution >= 0.6 is 22.9 Å². The van der Waals surface area contributed by atoms with Gasteiger partial charge in [0.2, 0.25) is 0 Å². The van der Waals surface area contributed by atoms with Crippen LogP contribution in [-0.4, -0.2) is 56.2 Å². The van der Waals surface area contributed by atoms with E-state index in [1.807, 2.05) is 76.2 Å². The largest absolute Gasteiger partial charge is 0.573 e. The predicted octanol–water partition coefficient (Wildman–Crippen LogP) is 10.6. The number of alkyl halides is 3. The van der Waals surface area contributed by atoms with Gasteiger partial charge in [-0.3, -0.25) is 14.6 Å². The summed E-state index contributed by atoms with van der Waals surface area (Å²) in [5.74, 6) is 0.648. The van der Waals surface area contributed by atoms with Crippen LogP contribution in [-0.2, 0) is 4.74 Å². The average molecular weight is 881 g/mol. The molecule has 0 bridgehead atoms. The van der Waals surface area contributed by atoms with Crippen molar-refractivity contribution in [3.05, 3.63) is 151 Å². The summed E-state index contributed by atoms with van der Waals surface area (Å²) in [4.78, 5) is 35.2. The van der Waals surface area contributed by atoms with Gasteiger partial charge in [0.05, 0.1) is 58.2 Å². The van der Waals surface area contributed by atoms with E-state index in [0.717, 1.165) is 61.6 Å².